The molecule has 4 aliphatic heterocycles. The number of amidine groups is 1. The van der Waals surface area contributed by atoms with E-state index in [0.29, 0.717) is 18.5 Å². The zero-order valence-corrected chi connectivity index (χ0v) is 15.0. The summed E-state index contributed by atoms with van der Waals surface area (Å²) in [6, 6.07) is 5.65. The summed E-state index contributed by atoms with van der Waals surface area (Å²) in [5.74, 6) is 0.277. The predicted octanol–water partition coefficient (Wildman–Crippen LogP) is 3.55. The molecule has 0 spiro atoms. The van der Waals surface area contributed by atoms with Crippen molar-refractivity contribution in [1.82, 2.24) is 4.90 Å². The van der Waals surface area contributed by atoms with Crippen molar-refractivity contribution < 1.29 is 4.79 Å². The molecular formula is C20H21N3OS. The lowest BCUT2D eigenvalue weighted by Crippen LogP contribution is -2.38. The fourth-order valence-electron chi connectivity index (χ4n) is 5.26. The molecule has 5 heteroatoms. The van der Waals surface area contributed by atoms with Crippen LogP contribution in [0.15, 0.2) is 22.5 Å². The van der Waals surface area contributed by atoms with Crippen molar-refractivity contribution in [3.8, 4) is 0 Å². The van der Waals surface area contributed by atoms with Crippen LogP contribution in [0.1, 0.15) is 48.8 Å². The Labute approximate surface area is 152 Å². The quantitative estimate of drug-likeness (QED) is 0.776. The second kappa shape index (κ2) is 5.13. The normalized spacial score (nSPS) is 29.4. The summed E-state index contributed by atoms with van der Waals surface area (Å²) < 4.78 is 0. The summed E-state index contributed by atoms with van der Waals surface area (Å²) >= 11 is 1.78. The van der Waals surface area contributed by atoms with Gasteiger partial charge >= 0.3 is 0 Å². The maximum atomic E-state index is 12.3. The molecule has 128 valence electrons. The molecule has 1 amide bonds. The van der Waals surface area contributed by atoms with E-state index in [4.69, 9.17) is 4.99 Å². The molecular weight excluding hydrogens is 330 g/mol. The maximum Gasteiger partial charge on any atom is 0.231 e. The van der Waals surface area contributed by atoms with E-state index in [0.717, 1.165) is 19.4 Å². The number of fused-ring (bicyclic) bond motifs is 3. The molecule has 2 atom stereocenters. The van der Waals surface area contributed by atoms with Crippen LogP contribution in [0.2, 0.25) is 0 Å². The molecule has 1 saturated carbocycles. The van der Waals surface area contributed by atoms with Crippen LogP contribution in [0.3, 0.4) is 0 Å². The Hall–Kier alpha value is -1.75. The van der Waals surface area contributed by atoms with E-state index in [1.54, 1.807) is 11.8 Å². The first-order valence-electron chi connectivity index (χ1n) is 9.50. The van der Waals surface area contributed by atoms with Gasteiger partial charge in [0, 0.05) is 12.0 Å². The minimum absolute atomic E-state index is 0.277. The molecule has 1 aromatic carbocycles. The van der Waals surface area contributed by atoms with E-state index >= 15 is 0 Å². The van der Waals surface area contributed by atoms with Crippen molar-refractivity contribution in [1.29, 1.82) is 0 Å². The third-order valence-corrected chi connectivity index (χ3v) is 7.20. The molecule has 1 fully saturated rings. The summed E-state index contributed by atoms with van der Waals surface area (Å²) in [6.07, 6.45) is 7.86. The molecule has 5 aliphatic rings. The number of aliphatic imine (C=N–C) groups is 1. The van der Waals surface area contributed by atoms with Crippen LogP contribution in [-0.2, 0) is 17.6 Å². The van der Waals surface area contributed by atoms with Gasteiger partial charge in [0.25, 0.3) is 0 Å². The lowest BCUT2D eigenvalue weighted by Gasteiger charge is -2.32. The smallest absolute Gasteiger partial charge is 0.231 e. The van der Waals surface area contributed by atoms with E-state index in [1.165, 1.54) is 58.9 Å². The second-order valence-electron chi connectivity index (χ2n) is 7.79. The molecule has 0 radical (unpaired) electrons. The van der Waals surface area contributed by atoms with Crippen LogP contribution in [0.25, 0.3) is 5.70 Å². The third kappa shape index (κ3) is 1.96. The molecule has 1 aromatic rings. The van der Waals surface area contributed by atoms with E-state index in [2.05, 4.69) is 22.4 Å². The summed E-state index contributed by atoms with van der Waals surface area (Å²) in [5, 5.41) is 3.47. The number of nitrogens with zero attached hydrogens (tertiary/aromatic N) is 3. The molecule has 0 bridgehead atoms. The Morgan fingerprint density at radius 1 is 1.12 bits per heavy atom. The highest BCUT2D eigenvalue weighted by Gasteiger charge is 2.42. The average Bonchev–Trinajstić information content (AvgIpc) is 3.28. The van der Waals surface area contributed by atoms with Gasteiger partial charge in [-0.05, 0) is 54.5 Å². The minimum Gasteiger partial charge on any atom is -0.315 e. The number of anilines is 1. The first-order chi connectivity index (χ1) is 12.3. The predicted molar refractivity (Wildman–Crippen MR) is 102 cm³/mol. The Balaban J connectivity index is 1.42. The molecule has 0 N–H and O–H groups in total. The minimum atomic E-state index is 0.277. The Morgan fingerprint density at radius 3 is 2.96 bits per heavy atom. The highest BCUT2D eigenvalue weighted by molar-refractivity contribution is 8.16. The SMILES string of the molecule is O=C1Cc2cc(C3=CSC4=N[C@H]5CCCC[C@@H]5N34)cc3c2N1CCC3. The van der Waals surface area contributed by atoms with Crippen molar-refractivity contribution in [2.45, 2.75) is 57.0 Å². The van der Waals surface area contributed by atoms with E-state index in [1.807, 2.05) is 4.90 Å². The first-order valence-corrected chi connectivity index (χ1v) is 10.4. The Kier molecular flexibility index (Phi) is 2.96. The number of aryl methyl sites for hydroxylation is 1. The molecule has 0 unspecified atom stereocenters. The van der Waals surface area contributed by atoms with Gasteiger partial charge in [0.1, 0.15) is 0 Å². The number of benzene rings is 1. The number of rotatable bonds is 1. The molecule has 25 heavy (non-hydrogen) atoms. The second-order valence-corrected chi connectivity index (χ2v) is 8.63. The lowest BCUT2D eigenvalue weighted by molar-refractivity contribution is -0.117. The zero-order valence-electron chi connectivity index (χ0n) is 14.2. The Morgan fingerprint density at radius 2 is 2.00 bits per heavy atom. The van der Waals surface area contributed by atoms with Gasteiger partial charge < -0.3 is 9.80 Å². The van der Waals surface area contributed by atoms with Crippen LogP contribution < -0.4 is 4.90 Å². The number of carbonyl (C=O) groups excluding carboxylic acids is 1. The molecule has 0 aromatic heterocycles. The third-order valence-electron chi connectivity index (χ3n) is 6.35. The van der Waals surface area contributed by atoms with E-state index in [-0.39, 0.29) is 5.91 Å². The molecule has 4 heterocycles. The van der Waals surface area contributed by atoms with Crippen molar-refractivity contribution in [3.05, 3.63) is 34.2 Å². The largest absolute Gasteiger partial charge is 0.315 e. The van der Waals surface area contributed by atoms with Gasteiger partial charge in [-0.15, -0.1) is 0 Å². The van der Waals surface area contributed by atoms with Gasteiger partial charge in [0.2, 0.25) is 5.91 Å². The summed E-state index contributed by atoms with van der Waals surface area (Å²) in [4.78, 5) is 21.8. The van der Waals surface area contributed by atoms with Gasteiger partial charge in [0.15, 0.2) is 5.17 Å². The highest BCUT2D eigenvalue weighted by atomic mass is 32.2. The van der Waals surface area contributed by atoms with Gasteiger partial charge in [-0.3, -0.25) is 9.79 Å². The standard InChI is InChI=1S/C20H21N3OS/c24-18-10-14-9-13(8-12-4-3-7-22(18)19(12)14)17-11-25-20-21-15-5-1-2-6-16(15)23(17)20/h8-9,11,15-16H,1-7,10H2/t15-,16-/m0/s1. The number of amides is 1. The van der Waals surface area contributed by atoms with E-state index < -0.39 is 0 Å². The number of hydrogen-bond acceptors (Lipinski definition) is 4. The fourth-order valence-corrected chi connectivity index (χ4v) is 6.27. The summed E-state index contributed by atoms with van der Waals surface area (Å²) in [6.45, 7) is 0.892. The molecule has 0 saturated heterocycles. The number of hydrogen-bond donors (Lipinski definition) is 0. The average molecular weight is 351 g/mol. The van der Waals surface area contributed by atoms with Crippen molar-refractivity contribution in [2.75, 3.05) is 11.4 Å². The number of thioether (sulfide) groups is 1. The lowest BCUT2D eigenvalue weighted by atomic mass is 9.90. The van der Waals surface area contributed by atoms with Gasteiger partial charge in [-0.1, -0.05) is 24.6 Å². The maximum absolute atomic E-state index is 12.3. The van der Waals surface area contributed by atoms with Crippen LogP contribution in [-0.4, -0.2) is 34.6 Å². The zero-order chi connectivity index (χ0) is 16.5. The Bertz CT molecular complexity index is 859. The van der Waals surface area contributed by atoms with Crippen molar-refractivity contribution >= 4 is 34.2 Å². The highest BCUT2D eigenvalue weighted by Crippen LogP contribution is 2.46. The van der Waals surface area contributed by atoms with Gasteiger partial charge in [-0.2, -0.15) is 0 Å². The molecule has 4 nitrogen and oxygen atoms in total. The van der Waals surface area contributed by atoms with E-state index in [9.17, 15) is 4.79 Å². The topological polar surface area (TPSA) is 35.9 Å². The summed E-state index contributed by atoms with van der Waals surface area (Å²) in [5.41, 5.74) is 6.41. The number of carbonyl (C=O) groups is 1. The van der Waals surface area contributed by atoms with Crippen LogP contribution in [0, 0.1) is 0 Å². The van der Waals surface area contributed by atoms with Crippen LogP contribution in [0.4, 0.5) is 5.69 Å². The van der Waals surface area contributed by atoms with Crippen molar-refractivity contribution in [2.24, 2.45) is 4.99 Å². The molecule has 6 rings (SSSR count). The first kappa shape index (κ1) is 14.4. The molecule has 1 aliphatic carbocycles. The fraction of sp³-hybridized carbons (Fsp3) is 0.500. The van der Waals surface area contributed by atoms with Gasteiger partial charge in [-0.25, -0.2) is 0 Å². The van der Waals surface area contributed by atoms with Crippen LogP contribution >= 0.6 is 11.8 Å². The summed E-state index contributed by atoms with van der Waals surface area (Å²) in [7, 11) is 0. The van der Waals surface area contributed by atoms with Gasteiger partial charge in [0.05, 0.1) is 29.9 Å². The monoisotopic (exact) mass is 351 g/mol. The van der Waals surface area contributed by atoms with Crippen LogP contribution in [0.5, 0.6) is 0 Å². The van der Waals surface area contributed by atoms with Crippen molar-refractivity contribution in [3.63, 3.8) is 0 Å².